The molecule has 0 bridgehead atoms. The van der Waals surface area contributed by atoms with Crippen molar-refractivity contribution in [3.63, 3.8) is 0 Å². The topological polar surface area (TPSA) is 69.4 Å². The molecule has 0 heterocycles. The maximum absolute atomic E-state index is 11.6. The van der Waals surface area contributed by atoms with E-state index in [0.29, 0.717) is 0 Å². The molecule has 0 saturated heterocycles. The summed E-state index contributed by atoms with van der Waals surface area (Å²) in [4.78, 5) is 21.6. The van der Waals surface area contributed by atoms with Crippen molar-refractivity contribution in [1.29, 1.82) is 0 Å². The highest BCUT2D eigenvalue weighted by atomic mass is 16.6. The molecular formula is C12H13NO4. The maximum Gasteiger partial charge on any atom is 0.338 e. The highest BCUT2D eigenvalue weighted by Gasteiger charge is 2.13. The Morgan fingerprint density at radius 3 is 2.82 bits per heavy atom. The standard InChI is InChI=1S/C12H13NO4/c1-3-5-9(2)17-12(14)10-6-4-7-11(8-10)13(15)16/h3-9H,1-2H3/b5-3+/t9-/m1/s1. The van der Waals surface area contributed by atoms with E-state index in [9.17, 15) is 14.9 Å². The number of carbonyl (C=O) groups is 1. The molecule has 0 fully saturated rings. The van der Waals surface area contributed by atoms with E-state index in [0.717, 1.165) is 0 Å². The first kappa shape index (κ1) is 12.9. The third-order valence-corrected chi connectivity index (χ3v) is 2.05. The zero-order chi connectivity index (χ0) is 12.8. The lowest BCUT2D eigenvalue weighted by Gasteiger charge is -2.08. The first-order valence-corrected chi connectivity index (χ1v) is 5.13. The predicted molar refractivity (Wildman–Crippen MR) is 62.8 cm³/mol. The Balaban J connectivity index is 2.82. The largest absolute Gasteiger partial charge is 0.455 e. The van der Waals surface area contributed by atoms with Gasteiger partial charge in [-0.2, -0.15) is 0 Å². The van der Waals surface area contributed by atoms with Crippen molar-refractivity contribution < 1.29 is 14.5 Å². The molecule has 1 atom stereocenters. The van der Waals surface area contributed by atoms with Gasteiger partial charge in [-0.25, -0.2) is 4.79 Å². The Morgan fingerprint density at radius 2 is 2.24 bits per heavy atom. The fourth-order valence-corrected chi connectivity index (χ4v) is 1.29. The number of hydrogen-bond acceptors (Lipinski definition) is 4. The molecule has 17 heavy (non-hydrogen) atoms. The second-order valence-corrected chi connectivity index (χ2v) is 3.44. The maximum atomic E-state index is 11.6. The minimum Gasteiger partial charge on any atom is -0.455 e. The Bertz CT molecular complexity index is 454. The Labute approximate surface area is 98.9 Å². The van der Waals surface area contributed by atoms with Gasteiger partial charge in [-0.05, 0) is 26.0 Å². The average molecular weight is 235 g/mol. The Hall–Kier alpha value is -2.17. The third-order valence-electron chi connectivity index (χ3n) is 2.05. The van der Waals surface area contributed by atoms with Crippen LogP contribution in [0, 0.1) is 10.1 Å². The van der Waals surface area contributed by atoms with Gasteiger partial charge in [-0.1, -0.05) is 12.1 Å². The van der Waals surface area contributed by atoms with Crippen LogP contribution in [0.25, 0.3) is 0 Å². The van der Waals surface area contributed by atoms with Gasteiger partial charge < -0.3 is 4.74 Å². The first-order valence-electron chi connectivity index (χ1n) is 5.13. The van der Waals surface area contributed by atoms with Crippen molar-refractivity contribution in [3.05, 3.63) is 52.1 Å². The van der Waals surface area contributed by atoms with E-state index in [2.05, 4.69) is 0 Å². The van der Waals surface area contributed by atoms with Crippen molar-refractivity contribution >= 4 is 11.7 Å². The van der Waals surface area contributed by atoms with Gasteiger partial charge in [0.25, 0.3) is 5.69 Å². The van der Waals surface area contributed by atoms with Crippen LogP contribution in [0.3, 0.4) is 0 Å². The molecule has 5 heteroatoms. The third kappa shape index (κ3) is 3.71. The molecule has 0 unspecified atom stereocenters. The van der Waals surface area contributed by atoms with Crippen LogP contribution in [0.5, 0.6) is 0 Å². The fraction of sp³-hybridized carbons (Fsp3) is 0.250. The van der Waals surface area contributed by atoms with Gasteiger partial charge in [0.15, 0.2) is 0 Å². The Morgan fingerprint density at radius 1 is 1.53 bits per heavy atom. The van der Waals surface area contributed by atoms with Gasteiger partial charge in [0.05, 0.1) is 10.5 Å². The van der Waals surface area contributed by atoms with Crippen LogP contribution in [-0.2, 0) is 4.74 Å². The second kappa shape index (κ2) is 5.79. The van der Waals surface area contributed by atoms with Gasteiger partial charge in [-0.3, -0.25) is 10.1 Å². The van der Waals surface area contributed by atoms with Gasteiger partial charge in [-0.15, -0.1) is 0 Å². The summed E-state index contributed by atoms with van der Waals surface area (Å²) >= 11 is 0. The number of nitro groups is 1. The van der Waals surface area contributed by atoms with Crippen LogP contribution >= 0.6 is 0 Å². The molecule has 0 radical (unpaired) electrons. The number of nitrogens with zero attached hydrogens (tertiary/aromatic N) is 1. The molecule has 0 aliphatic carbocycles. The van der Waals surface area contributed by atoms with Gasteiger partial charge in [0, 0.05) is 12.1 Å². The van der Waals surface area contributed by atoms with E-state index in [1.165, 1.54) is 24.3 Å². The number of carbonyl (C=O) groups excluding carboxylic acids is 1. The van der Waals surface area contributed by atoms with Crippen molar-refractivity contribution in [2.75, 3.05) is 0 Å². The van der Waals surface area contributed by atoms with Crippen molar-refractivity contribution in [3.8, 4) is 0 Å². The minimum absolute atomic E-state index is 0.127. The summed E-state index contributed by atoms with van der Waals surface area (Å²) in [5.74, 6) is -0.570. The van der Waals surface area contributed by atoms with Crippen LogP contribution in [0.2, 0.25) is 0 Å². The highest BCUT2D eigenvalue weighted by molar-refractivity contribution is 5.90. The smallest absolute Gasteiger partial charge is 0.338 e. The zero-order valence-corrected chi connectivity index (χ0v) is 9.62. The molecule has 0 N–H and O–H groups in total. The van der Waals surface area contributed by atoms with Crippen molar-refractivity contribution in [1.82, 2.24) is 0 Å². The number of esters is 1. The molecule has 0 aliphatic heterocycles. The number of hydrogen-bond donors (Lipinski definition) is 0. The quantitative estimate of drug-likeness (QED) is 0.348. The number of rotatable bonds is 4. The summed E-state index contributed by atoms with van der Waals surface area (Å²) < 4.78 is 5.06. The van der Waals surface area contributed by atoms with E-state index >= 15 is 0 Å². The first-order chi connectivity index (χ1) is 8.04. The minimum atomic E-state index is -0.570. The highest BCUT2D eigenvalue weighted by Crippen LogP contribution is 2.14. The molecular weight excluding hydrogens is 222 g/mol. The average Bonchev–Trinajstić information content (AvgIpc) is 2.29. The molecule has 0 spiro atoms. The molecule has 0 amide bonds. The lowest BCUT2D eigenvalue weighted by atomic mass is 10.2. The monoisotopic (exact) mass is 235 g/mol. The summed E-state index contributed by atoms with van der Waals surface area (Å²) in [5.41, 5.74) is 0.0497. The molecule has 90 valence electrons. The number of benzene rings is 1. The lowest BCUT2D eigenvalue weighted by molar-refractivity contribution is -0.384. The molecule has 0 aliphatic rings. The SMILES string of the molecule is C/C=C/[C@@H](C)OC(=O)c1cccc([N+](=O)[O-])c1. The molecule has 1 aromatic rings. The summed E-state index contributed by atoms with van der Waals surface area (Å²) in [6.07, 6.45) is 3.13. The molecule has 5 nitrogen and oxygen atoms in total. The van der Waals surface area contributed by atoms with E-state index in [4.69, 9.17) is 4.74 Å². The van der Waals surface area contributed by atoms with Crippen LogP contribution in [0.15, 0.2) is 36.4 Å². The van der Waals surface area contributed by atoms with E-state index < -0.39 is 10.9 Å². The summed E-state index contributed by atoms with van der Waals surface area (Å²) in [7, 11) is 0. The number of ether oxygens (including phenoxy) is 1. The normalized spacial score (nSPS) is 12.4. The number of allylic oxidation sites excluding steroid dienone is 1. The second-order valence-electron chi connectivity index (χ2n) is 3.44. The summed E-state index contributed by atoms with van der Waals surface area (Å²) in [5, 5.41) is 10.5. The predicted octanol–water partition coefficient (Wildman–Crippen LogP) is 2.72. The van der Waals surface area contributed by atoms with Gasteiger partial charge >= 0.3 is 5.97 Å². The van der Waals surface area contributed by atoms with Gasteiger partial charge in [0.1, 0.15) is 6.10 Å². The van der Waals surface area contributed by atoms with Crippen molar-refractivity contribution in [2.24, 2.45) is 0 Å². The van der Waals surface area contributed by atoms with Crippen LogP contribution in [0.1, 0.15) is 24.2 Å². The Kier molecular flexibility index (Phi) is 4.39. The molecule has 1 rings (SSSR count). The van der Waals surface area contributed by atoms with E-state index in [-0.39, 0.29) is 17.4 Å². The van der Waals surface area contributed by atoms with Gasteiger partial charge in [0.2, 0.25) is 0 Å². The summed E-state index contributed by atoms with van der Waals surface area (Å²) in [6.45, 7) is 3.53. The lowest BCUT2D eigenvalue weighted by Crippen LogP contribution is -2.12. The van der Waals surface area contributed by atoms with Crippen LogP contribution in [-0.4, -0.2) is 17.0 Å². The van der Waals surface area contributed by atoms with Crippen LogP contribution < -0.4 is 0 Å². The zero-order valence-electron chi connectivity index (χ0n) is 9.62. The van der Waals surface area contributed by atoms with Crippen molar-refractivity contribution in [2.45, 2.75) is 20.0 Å². The number of nitro benzene ring substituents is 1. The fourth-order valence-electron chi connectivity index (χ4n) is 1.29. The molecule has 0 aromatic heterocycles. The van der Waals surface area contributed by atoms with E-state index in [1.807, 2.05) is 6.92 Å². The number of non-ortho nitro benzene ring substituents is 1. The molecule has 0 saturated carbocycles. The van der Waals surface area contributed by atoms with E-state index in [1.54, 1.807) is 19.1 Å². The molecule has 1 aromatic carbocycles. The summed E-state index contributed by atoms with van der Waals surface area (Å²) in [6, 6.07) is 5.46. The van der Waals surface area contributed by atoms with Crippen LogP contribution in [0.4, 0.5) is 5.69 Å².